The Morgan fingerprint density at radius 2 is 1.69 bits per heavy atom. The molecule has 0 aliphatic rings. The van der Waals surface area contributed by atoms with Crippen LogP contribution in [0.5, 0.6) is 11.5 Å². The third-order valence-electron chi connectivity index (χ3n) is 2.68. The van der Waals surface area contributed by atoms with Gasteiger partial charge in [0, 0.05) is 6.54 Å². The molecule has 0 radical (unpaired) electrons. The second kappa shape index (κ2) is 5.75. The van der Waals surface area contributed by atoms with Crippen molar-refractivity contribution in [3.8, 4) is 11.5 Å². The summed E-state index contributed by atoms with van der Waals surface area (Å²) in [5.41, 5.74) is 5.41. The number of hydrogen-bond acceptors (Lipinski definition) is 3. The highest BCUT2D eigenvalue weighted by Crippen LogP contribution is 2.23. The molecule has 0 bridgehead atoms. The fraction of sp³-hybridized carbons (Fsp3) is 0.538. The molecule has 0 saturated heterocycles. The van der Waals surface area contributed by atoms with Crippen molar-refractivity contribution in [1.29, 1.82) is 0 Å². The maximum Gasteiger partial charge on any atom is 0.120 e. The molecular weight excluding hydrogens is 202 g/mol. The van der Waals surface area contributed by atoms with Gasteiger partial charge in [0.05, 0.1) is 6.61 Å². The second-order valence-electron chi connectivity index (χ2n) is 4.01. The van der Waals surface area contributed by atoms with Gasteiger partial charge in [-0.3, -0.25) is 0 Å². The van der Waals surface area contributed by atoms with E-state index in [0.29, 0.717) is 13.2 Å². The van der Waals surface area contributed by atoms with E-state index in [1.165, 1.54) is 0 Å². The molecule has 0 spiro atoms. The van der Waals surface area contributed by atoms with E-state index in [-0.39, 0.29) is 5.60 Å². The minimum atomic E-state index is -0.285. The summed E-state index contributed by atoms with van der Waals surface area (Å²) in [7, 11) is 0. The Labute approximate surface area is 97.6 Å². The van der Waals surface area contributed by atoms with E-state index in [0.717, 1.165) is 17.9 Å². The van der Waals surface area contributed by atoms with Crippen molar-refractivity contribution >= 4 is 0 Å². The van der Waals surface area contributed by atoms with E-state index >= 15 is 0 Å². The Morgan fingerprint density at radius 1 is 1.12 bits per heavy atom. The smallest absolute Gasteiger partial charge is 0.120 e. The minimum absolute atomic E-state index is 0.285. The highest BCUT2D eigenvalue weighted by molar-refractivity contribution is 5.31. The molecule has 1 unspecified atom stereocenters. The van der Waals surface area contributed by atoms with Crippen LogP contribution in [0.2, 0.25) is 0 Å². The van der Waals surface area contributed by atoms with Crippen molar-refractivity contribution in [2.45, 2.75) is 32.8 Å². The molecule has 0 heterocycles. The Balaban J connectivity index is 2.67. The summed E-state index contributed by atoms with van der Waals surface area (Å²) >= 11 is 0. The summed E-state index contributed by atoms with van der Waals surface area (Å²) in [6.45, 7) is 7.24. The van der Waals surface area contributed by atoms with Crippen LogP contribution in [0, 0.1) is 0 Å². The number of ether oxygens (including phenoxy) is 2. The Hall–Kier alpha value is -1.22. The molecule has 3 heteroatoms. The predicted octanol–water partition coefficient (Wildman–Crippen LogP) is 2.59. The first-order valence-corrected chi connectivity index (χ1v) is 5.75. The van der Waals surface area contributed by atoms with Crippen LogP contribution in [0.3, 0.4) is 0 Å². The molecule has 0 aliphatic heterocycles. The van der Waals surface area contributed by atoms with E-state index in [1.54, 1.807) is 0 Å². The molecule has 1 aromatic rings. The second-order valence-corrected chi connectivity index (χ2v) is 4.01. The molecule has 0 aliphatic carbocycles. The van der Waals surface area contributed by atoms with Gasteiger partial charge in [0.1, 0.15) is 17.1 Å². The zero-order chi connectivity index (χ0) is 12.0. The summed E-state index contributed by atoms with van der Waals surface area (Å²) in [6.07, 6.45) is 0.886. The van der Waals surface area contributed by atoms with Gasteiger partial charge in [-0.1, -0.05) is 6.92 Å². The topological polar surface area (TPSA) is 44.5 Å². The Morgan fingerprint density at radius 3 is 2.12 bits per heavy atom. The number of benzene rings is 1. The van der Waals surface area contributed by atoms with Crippen molar-refractivity contribution < 1.29 is 9.47 Å². The fourth-order valence-electron chi connectivity index (χ4n) is 1.31. The average Bonchev–Trinajstić information content (AvgIpc) is 2.32. The van der Waals surface area contributed by atoms with E-state index < -0.39 is 0 Å². The lowest BCUT2D eigenvalue weighted by atomic mass is 10.0. The monoisotopic (exact) mass is 223 g/mol. The van der Waals surface area contributed by atoms with Gasteiger partial charge in [0.2, 0.25) is 0 Å². The first kappa shape index (κ1) is 12.8. The van der Waals surface area contributed by atoms with Crippen molar-refractivity contribution in [3.63, 3.8) is 0 Å². The molecule has 2 N–H and O–H groups in total. The van der Waals surface area contributed by atoms with Gasteiger partial charge in [-0.2, -0.15) is 0 Å². The van der Waals surface area contributed by atoms with Gasteiger partial charge in [-0.25, -0.2) is 0 Å². The fourth-order valence-corrected chi connectivity index (χ4v) is 1.31. The number of nitrogens with two attached hydrogens (primary N) is 1. The third-order valence-corrected chi connectivity index (χ3v) is 2.68. The third kappa shape index (κ3) is 3.42. The Kier molecular flexibility index (Phi) is 4.62. The first-order chi connectivity index (χ1) is 7.63. The quantitative estimate of drug-likeness (QED) is 0.806. The van der Waals surface area contributed by atoms with Gasteiger partial charge >= 0.3 is 0 Å². The molecule has 1 rings (SSSR count). The highest BCUT2D eigenvalue weighted by atomic mass is 16.5. The highest BCUT2D eigenvalue weighted by Gasteiger charge is 2.21. The zero-order valence-electron chi connectivity index (χ0n) is 10.3. The van der Waals surface area contributed by atoms with Crippen molar-refractivity contribution in [3.05, 3.63) is 24.3 Å². The predicted molar refractivity (Wildman–Crippen MR) is 66.0 cm³/mol. The van der Waals surface area contributed by atoms with Crippen molar-refractivity contribution in [2.24, 2.45) is 5.73 Å². The van der Waals surface area contributed by atoms with E-state index in [9.17, 15) is 0 Å². The maximum absolute atomic E-state index is 5.85. The SMILES string of the molecule is CCOc1ccc(OC(C)(CC)CN)cc1. The molecule has 0 amide bonds. The molecule has 0 aromatic heterocycles. The van der Waals surface area contributed by atoms with Gasteiger partial charge in [-0.15, -0.1) is 0 Å². The van der Waals surface area contributed by atoms with Crippen LogP contribution in [-0.2, 0) is 0 Å². The average molecular weight is 223 g/mol. The largest absolute Gasteiger partial charge is 0.494 e. The molecule has 16 heavy (non-hydrogen) atoms. The standard InChI is InChI=1S/C13H21NO2/c1-4-13(3,10-14)16-12-8-6-11(7-9-12)15-5-2/h6-9H,4-5,10,14H2,1-3H3. The van der Waals surface area contributed by atoms with Gasteiger partial charge in [0.25, 0.3) is 0 Å². The molecule has 1 atom stereocenters. The van der Waals surface area contributed by atoms with Crippen LogP contribution in [0.4, 0.5) is 0 Å². The zero-order valence-corrected chi connectivity index (χ0v) is 10.3. The van der Waals surface area contributed by atoms with E-state index in [1.807, 2.05) is 38.1 Å². The normalized spacial score (nSPS) is 14.2. The van der Waals surface area contributed by atoms with Crippen LogP contribution in [-0.4, -0.2) is 18.8 Å². The van der Waals surface area contributed by atoms with Crippen LogP contribution in [0.15, 0.2) is 24.3 Å². The van der Waals surface area contributed by atoms with Gasteiger partial charge in [-0.05, 0) is 44.5 Å². The van der Waals surface area contributed by atoms with Crippen LogP contribution >= 0.6 is 0 Å². The number of rotatable bonds is 6. The number of hydrogen-bond donors (Lipinski definition) is 1. The molecule has 90 valence electrons. The molecule has 3 nitrogen and oxygen atoms in total. The van der Waals surface area contributed by atoms with Gasteiger partial charge in [0.15, 0.2) is 0 Å². The minimum Gasteiger partial charge on any atom is -0.494 e. The maximum atomic E-state index is 5.85. The van der Waals surface area contributed by atoms with Crippen molar-refractivity contribution in [2.75, 3.05) is 13.2 Å². The lowest BCUT2D eigenvalue weighted by molar-refractivity contribution is 0.0934. The van der Waals surface area contributed by atoms with Gasteiger partial charge < -0.3 is 15.2 Å². The summed E-state index contributed by atoms with van der Waals surface area (Å²) in [6, 6.07) is 7.64. The molecule has 1 aromatic carbocycles. The van der Waals surface area contributed by atoms with E-state index in [2.05, 4.69) is 6.92 Å². The van der Waals surface area contributed by atoms with Crippen LogP contribution < -0.4 is 15.2 Å². The summed E-state index contributed by atoms with van der Waals surface area (Å²) in [5.74, 6) is 1.69. The van der Waals surface area contributed by atoms with Crippen molar-refractivity contribution in [1.82, 2.24) is 0 Å². The van der Waals surface area contributed by atoms with E-state index in [4.69, 9.17) is 15.2 Å². The molecule has 0 fully saturated rings. The Bertz CT molecular complexity index is 304. The first-order valence-electron chi connectivity index (χ1n) is 5.75. The lowest BCUT2D eigenvalue weighted by Crippen LogP contribution is -2.39. The summed E-state index contributed by atoms with van der Waals surface area (Å²) < 4.78 is 11.2. The molecule has 0 saturated carbocycles. The summed E-state index contributed by atoms with van der Waals surface area (Å²) in [5, 5.41) is 0. The van der Waals surface area contributed by atoms with Crippen LogP contribution in [0.1, 0.15) is 27.2 Å². The summed E-state index contributed by atoms with van der Waals surface area (Å²) in [4.78, 5) is 0. The lowest BCUT2D eigenvalue weighted by Gasteiger charge is -2.28. The molecular formula is C13H21NO2. The van der Waals surface area contributed by atoms with Crippen LogP contribution in [0.25, 0.3) is 0 Å².